The molecule has 0 saturated carbocycles. The molecule has 0 bridgehead atoms. The number of carbonyl (C=O) groups excluding carboxylic acids is 3. The Morgan fingerprint density at radius 1 is 0.303 bits per heavy atom. The van der Waals surface area contributed by atoms with Crippen molar-refractivity contribution in [3.63, 3.8) is 0 Å². The summed E-state index contributed by atoms with van der Waals surface area (Å²) in [5.41, 5.74) is 0. The maximum atomic E-state index is 12.9. The topological polar surface area (TPSA) is 78.9 Å². The molecular weight excluding hydrogens is 817 g/mol. The van der Waals surface area contributed by atoms with Gasteiger partial charge in [-0.25, -0.2) is 0 Å². The van der Waals surface area contributed by atoms with Crippen LogP contribution in [-0.4, -0.2) is 37.2 Å². The summed E-state index contributed by atoms with van der Waals surface area (Å²) in [6.07, 6.45) is 66.7. The number of unbranched alkanes of at least 4 members (excludes halogenated alkanes) is 33. The second-order valence-corrected chi connectivity index (χ2v) is 19.2. The van der Waals surface area contributed by atoms with Crippen LogP contribution in [0.2, 0.25) is 0 Å². The maximum Gasteiger partial charge on any atom is 0.306 e. The quantitative estimate of drug-likeness (QED) is 0.0262. The van der Waals surface area contributed by atoms with Gasteiger partial charge in [-0.3, -0.25) is 14.4 Å². The van der Waals surface area contributed by atoms with Crippen molar-refractivity contribution < 1.29 is 28.6 Å². The molecule has 0 aromatic carbocycles. The normalized spacial score (nSPS) is 12.3. The zero-order valence-corrected chi connectivity index (χ0v) is 44.0. The van der Waals surface area contributed by atoms with E-state index >= 15 is 0 Å². The van der Waals surface area contributed by atoms with Crippen LogP contribution < -0.4 is 0 Å². The fourth-order valence-corrected chi connectivity index (χ4v) is 8.21. The molecule has 0 saturated heterocycles. The fourth-order valence-electron chi connectivity index (χ4n) is 8.21. The lowest BCUT2D eigenvalue weighted by atomic mass is 10.0. The second-order valence-electron chi connectivity index (χ2n) is 19.2. The van der Waals surface area contributed by atoms with Crippen molar-refractivity contribution in [2.75, 3.05) is 13.2 Å². The largest absolute Gasteiger partial charge is 0.462 e. The monoisotopic (exact) mass is 925 g/mol. The van der Waals surface area contributed by atoms with E-state index in [1.165, 1.54) is 167 Å². The van der Waals surface area contributed by atoms with Crippen molar-refractivity contribution in [2.24, 2.45) is 0 Å². The molecule has 0 aliphatic rings. The van der Waals surface area contributed by atoms with E-state index in [4.69, 9.17) is 14.2 Å². The molecule has 6 nitrogen and oxygen atoms in total. The van der Waals surface area contributed by atoms with E-state index in [1.807, 2.05) is 0 Å². The summed E-state index contributed by atoms with van der Waals surface area (Å²) in [6.45, 7) is 6.61. The number of ether oxygens (including phenoxy) is 3. The summed E-state index contributed by atoms with van der Waals surface area (Å²) < 4.78 is 16.8. The first kappa shape index (κ1) is 63.4. The van der Waals surface area contributed by atoms with Crippen molar-refractivity contribution in [3.8, 4) is 0 Å². The second kappa shape index (κ2) is 55.0. The predicted molar refractivity (Wildman–Crippen MR) is 284 cm³/mol. The highest BCUT2D eigenvalue weighted by atomic mass is 16.6. The molecule has 66 heavy (non-hydrogen) atoms. The number of esters is 3. The molecule has 6 heteroatoms. The Kier molecular flexibility index (Phi) is 52.8. The Bertz CT molecular complexity index is 1150. The van der Waals surface area contributed by atoms with Crippen LogP contribution in [-0.2, 0) is 28.6 Å². The highest BCUT2D eigenvalue weighted by Gasteiger charge is 2.19. The Balaban J connectivity index is 4.40. The van der Waals surface area contributed by atoms with Crippen molar-refractivity contribution in [3.05, 3.63) is 48.6 Å². The summed E-state index contributed by atoms with van der Waals surface area (Å²) >= 11 is 0. The molecule has 0 spiro atoms. The van der Waals surface area contributed by atoms with Crippen LogP contribution in [0.1, 0.15) is 297 Å². The van der Waals surface area contributed by atoms with Gasteiger partial charge in [-0.2, -0.15) is 0 Å². The zero-order valence-electron chi connectivity index (χ0n) is 44.0. The average molecular weight is 926 g/mol. The molecule has 0 N–H and O–H groups in total. The van der Waals surface area contributed by atoms with Crippen LogP contribution in [0.15, 0.2) is 48.6 Å². The first-order valence-electron chi connectivity index (χ1n) is 28.6. The molecule has 0 radical (unpaired) electrons. The maximum absolute atomic E-state index is 12.9. The third-order valence-electron chi connectivity index (χ3n) is 12.6. The number of hydrogen-bond donors (Lipinski definition) is 0. The highest BCUT2D eigenvalue weighted by molar-refractivity contribution is 5.71. The number of rotatable bonds is 52. The lowest BCUT2D eigenvalue weighted by molar-refractivity contribution is -0.167. The van der Waals surface area contributed by atoms with E-state index < -0.39 is 6.10 Å². The molecule has 0 aliphatic heterocycles. The SMILES string of the molecule is CCCCC/C=C\C/C=C\C/C=C\CCCCCCC(=O)OC[C@@H](COC(=O)CCCCCCC/C=C\CCCCCCC)OC(=O)CCCCCCCCCCCCCCCCCCC. The lowest BCUT2D eigenvalue weighted by Crippen LogP contribution is -2.30. The highest BCUT2D eigenvalue weighted by Crippen LogP contribution is 2.16. The third-order valence-corrected chi connectivity index (χ3v) is 12.6. The van der Waals surface area contributed by atoms with E-state index in [1.54, 1.807) is 0 Å². The summed E-state index contributed by atoms with van der Waals surface area (Å²) in [7, 11) is 0. The summed E-state index contributed by atoms with van der Waals surface area (Å²) in [4.78, 5) is 38.1. The molecule has 0 amide bonds. The van der Waals surface area contributed by atoms with Gasteiger partial charge >= 0.3 is 17.9 Å². The van der Waals surface area contributed by atoms with Gasteiger partial charge in [-0.15, -0.1) is 0 Å². The van der Waals surface area contributed by atoms with E-state index in [-0.39, 0.29) is 31.1 Å². The summed E-state index contributed by atoms with van der Waals surface area (Å²) in [5.74, 6) is -0.897. The molecule has 1 atom stereocenters. The summed E-state index contributed by atoms with van der Waals surface area (Å²) in [5, 5.41) is 0. The first-order chi connectivity index (χ1) is 32.5. The predicted octanol–water partition coefficient (Wildman–Crippen LogP) is 19.0. The molecule has 0 aromatic rings. The smallest absolute Gasteiger partial charge is 0.306 e. The van der Waals surface area contributed by atoms with Crippen LogP contribution >= 0.6 is 0 Å². The molecule has 384 valence electrons. The molecule has 0 heterocycles. The van der Waals surface area contributed by atoms with Gasteiger partial charge < -0.3 is 14.2 Å². The van der Waals surface area contributed by atoms with Gasteiger partial charge in [0.15, 0.2) is 6.10 Å². The van der Waals surface area contributed by atoms with E-state index in [2.05, 4.69) is 69.4 Å². The van der Waals surface area contributed by atoms with Crippen molar-refractivity contribution in [1.82, 2.24) is 0 Å². The average Bonchev–Trinajstić information content (AvgIpc) is 3.31. The van der Waals surface area contributed by atoms with Crippen LogP contribution in [0.4, 0.5) is 0 Å². The lowest BCUT2D eigenvalue weighted by Gasteiger charge is -2.18. The Morgan fingerprint density at radius 3 is 0.894 bits per heavy atom. The Labute approximate surface area is 409 Å². The molecule has 0 aliphatic carbocycles. The number of hydrogen-bond acceptors (Lipinski definition) is 6. The van der Waals surface area contributed by atoms with Crippen LogP contribution in [0, 0.1) is 0 Å². The Morgan fingerprint density at radius 2 is 0.545 bits per heavy atom. The summed E-state index contributed by atoms with van der Waals surface area (Å²) in [6, 6.07) is 0. The zero-order chi connectivity index (χ0) is 47.9. The molecule has 0 fully saturated rings. The van der Waals surface area contributed by atoms with Crippen LogP contribution in [0.3, 0.4) is 0 Å². The third kappa shape index (κ3) is 52.3. The van der Waals surface area contributed by atoms with Gasteiger partial charge in [-0.05, 0) is 83.5 Å². The Hall–Kier alpha value is -2.63. The minimum absolute atomic E-state index is 0.0820. The molecule has 0 unspecified atom stereocenters. The van der Waals surface area contributed by atoms with E-state index in [9.17, 15) is 14.4 Å². The van der Waals surface area contributed by atoms with E-state index in [0.717, 1.165) is 89.9 Å². The van der Waals surface area contributed by atoms with Gasteiger partial charge in [0.25, 0.3) is 0 Å². The fraction of sp³-hybridized carbons (Fsp3) is 0.817. The van der Waals surface area contributed by atoms with Gasteiger partial charge in [0.05, 0.1) is 0 Å². The standard InChI is InChI=1S/C60H108O6/c1-4-7-10-13-16-19-22-25-28-30-32-35-38-41-44-47-50-53-59(62)65-56-57(55-64-58(61)52-49-46-43-40-37-34-27-24-21-18-15-12-9-6-3)66-60(63)54-51-48-45-42-39-36-33-31-29-26-23-20-17-14-11-8-5-2/h16,19,24-25,27-28,32,35,57H,4-15,17-18,20-23,26,29-31,33-34,36-56H2,1-3H3/b19-16-,27-24-,28-25-,35-32-/t57-/m1/s1. The first-order valence-corrected chi connectivity index (χ1v) is 28.6. The van der Waals surface area contributed by atoms with Gasteiger partial charge in [0.1, 0.15) is 13.2 Å². The minimum atomic E-state index is -0.783. The van der Waals surface area contributed by atoms with E-state index in [0.29, 0.717) is 19.3 Å². The van der Waals surface area contributed by atoms with Gasteiger partial charge in [0, 0.05) is 19.3 Å². The number of carbonyl (C=O) groups is 3. The van der Waals surface area contributed by atoms with Crippen molar-refractivity contribution >= 4 is 17.9 Å². The molecular formula is C60H108O6. The van der Waals surface area contributed by atoms with Gasteiger partial charge in [-0.1, -0.05) is 243 Å². The van der Waals surface area contributed by atoms with Crippen LogP contribution in [0.5, 0.6) is 0 Å². The van der Waals surface area contributed by atoms with Crippen LogP contribution in [0.25, 0.3) is 0 Å². The minimum Gasteiger partial charge on any atom is -0.462 e. The number of allylic oxidation sites excluding steroid dienone is 8. The van der Waals surface area contributed by atoms with Crippen molar-refractivity contribution in [1.29, 1.82) is 0 Å². The molecule has 0 rings (SSSR count). The molecule has 0 aromatic heterocycles. The van der Waals surface area contributed by atoms with Crippen molar-refractivity contribution in [2.45, 2.75) is 303 Å². The van der Waals surface area contributed by atoms with Gasteiger partial charge in [0.2, 0.25) is 0 Å².